The fourth-order valence-corrected chi connectivity index (χ4v) is 4.04. The number of carbonyl (C=O) groups excluding carboxylic acids is 1. The zero-order valence-electron chi connectivity index (χ0n) is 16.5. The van der Waals surface area contributed by atoms with Crippen molar-refractivity contribution in [2.24, 2.45) is 0 Å². The van der Waals surface area contributed by atoms with Gasteiger partial charge in [-0.3, -0.25) is 10.1 Å². The van der Waals surface area contributed by atoms with Crippen LogP contribution in [-0.4, -0.2) is 46.0 Å². The molecule has 6 nitrogen and oxygen atoms in total. The van der Waals surface area contributed by atoms with Gasteiger partial charge in [-0.15, -0.1) is 12.4 Å². The Kier molecular flexibility index (Phi) is 5.91. The highest BCUT2D eigenvalue weighted by atomic mass is 35.5. The van der Waals surface area contributed by atoms with Gasteiger partial charge < -0.3 is 9.64 Å². The number of likely N-dealkylation sites (tertiary alicyclic amines) is 1. The van der Waals surface area contributed by atoms with Gasteiger partial charge in [-0.1, -0.05) is 0 Å². The second kappa shape index (κ2) is 8.05. The smallest absolute Gasteiger partial charge is 0.242 e. The first kappa shape index (κ1) is 20.6. The van der Waals surface area contributed by atoms with Crippen molar-refractivity contribution in [3.63, 3.8) is 0 Å². The van der Waals surface area contributed by atoms with Crippen molar-refractivity contribution in [1.82, 2.24) is 20.2 Å². The van der Waals surface area contributed by atoms with Crippen molar-refractivity contribution in [2.45, 2.75) is 50.8 Å². The number of nitrogens with zero attached hydrogens (tertiary/aromatic N) is 3. The Morgan fingerprint density at radius 2 is 1.96 bits per heavy atom. The lowest BCUT2D eigenvalue weighted by molar-refractivity contribution is -0.131. The van der Waals surface area contributed by atoms with E-state index in [0.29, 0.717) is 0 Å². The summed E-state index contributed by atoms with van der Waals surface area (Å²) in [6, 6.07) is 9.90. The van der Waals surface area contributed by atoms with E-state index in [2.05, 4.69) is 10.3 Å². The van der Waals surface area contributed by atoms with Gasteiger partial charge in [0.1, 0.15) is 17.1 Å². The van der Waals surface area contributed by atoms with Crippen molar-refractivity contribution < 1.29 is 9.53 Å². The van der Waals surface area contributed by atoms with Crippen molar-refractivity contribution in [2.75, 3.05) is 13.6 Å². The van der Waals surface area contributed by atoms with Crippen LogP contribution in [0.4, 0.5) is 0 Å². The molecule has 1 aromatic heterocycles. The minimum atomic E-state index is -0.422. The van der Waals surface area contributed by atoms with Gasteiger partial charge in [0.15, 0.2) is 0 Å². The van der Waals surface area contributed by atoms with E-state index in [9.17, 15) is 4.79 Å². The van der Waals surface area contributed by atoms with Gasteiger partial charge in [-0.05, 0) is 63.4 Å². The molecule has 2 saturated heterocycles. The first-order valence-electron chi connectivity index (χ1n) is 9.60. The molecule has 0 aliphatic carbocycles. The van der Waals surface area contributed by atoms with E-state index in [1.54, 1.807) is 6.20 Å². The van der Waals surface area contributed by atoms with Crippen molar-refractivity contribution >= 4 is 18.3 Å². The second-order valence-electron chi connectivity index (χ2n) is 7.79. The van der Waals surface area contributed by atoms with Crippen LogP contribution in [0.2, 0.25) is 0 Å². The SMILES string of the molecule is CC(C)Oc1ccc(-c2ccnc([C@@H]3CC[C@]4(CCN(C)C4=O)N3)n2)cc1.Cl. The highest BCUT2D eigenvalue weighted by Crippen LogP contribution is 2.38. The molecule has 1 spiro atoms. The number of aromatic nitrogens is 2. The topological polar surface area (TPSA) is 67.3 Å². The zero-order chi connectivity index (χ0) is 19.0. The Morgan fingerprint density at radius 1 is 1.21 bits per heavy atom. The molecule has 2 fully saturated rings. The molecule has 1 aromatic carbocycles. The summed E-state index contributed by atoms with van der Waals surface area (Å²) in [7, 11) is 1.87. The summed E-state index contributed by atoms with van der Waals surface area (Å²) in [5.41, 5.74) is 1.49. The van der Waals surface area contributed by atoms with Crippen LogP contribution in [0.25, 0.3) is 11.3 Å². The first-order valence-corrected chi connectivity index (χ1v) is 9.60. The maximum atomic E-state index is 12.5. The monoisotopic (exact) mass is 402 g/mol. The number of hydrogen-bond donors (Lipinski definition) is 1. The van der Waals surface area contributed by atoms with Crippen LogP contribution in [0, 0.1) is 0 Å². The molecular formula is C21H27ClN4O2. The Labute approximate surface area is 172 Å². The largest absolute Gasteiger partial charge is 0.491 e. The van der Waals surface area contributed by atoms with Crippen LogP contribution in [0.1, 0.15) is 45.0 Å². The highest BCUT2D eigenvalue weighted by Gasteiger charge is 2.50. The van der Waals surface area contributed by atoms with Gasteiger partial charge in [-0.2, -0.15) is 0 Å². The Morgan fingerprint density at radius 3 is 2.61 bits per heavy atom. The predicted molar refractivity (Wildman–Crippen MR) is 111 cm³/mol. The maximum absolute atomic E-state index is 12.5. The third-order valence-electron chi connectivity index (χ3n) is 5.45. The lowest BCUT2D eigenvalue weighted by Crippen LogP contribution is -2.47. The Balaban J connectivity index is 0.00000225. The fraction of sp³-hybridized carbons (Fsp3) is 0.476. The van der Waals surface area contributed by atoms with Crippen LogP contribution in [-0.2, 0) is 4.79 Å². The third kappa shape index (κ3) is 3.84. The predicted octanol–water partition coefficient (Wildman–Crippen LogP) is 3.38. The summed E-state index contributed by atoms with van der Waals surface area (Å²) in [6.07, 6.45) is 4.53. The minimum absolute atomic E-state index is 0. The van der Waals surface area contributed by atoms with E-state index >= 15 is 0 Å². The second-order valence-corrected chi connectivity index (χ2v) is 7.79. The standard InChI is InChI=1S/C21H26N4O2.ClH/c1-14(2)27-16-6-4-15(5-7-16)17-9-12-22-19(23-17)18-8-10-21(24-18)11-13-25(3)20(21)26;/h4-7,9,12,14,18,24H,8,10-11,13H2,1-3H3;1H/t18-,21+;/m0./s1. The number of hydrogen-bond acceptors (Lipinski definition) is 5. The summed E-state index contributed by atoms with van der Waals surface area (Å²) in [5.74, 6) is 1.81. The molecule has 0 saturated carbocycles. The van der Waals surface area contributed by atoms with E-state index < -0.39 is 5.54 Å². The van der Waals surface area contributed by atoms with Gasteiger partial charge >= 0.3 is 0 Å². The summed E-state index contributed by atoms with van der Waals surface area (Å²) in [4.78, 5) is 23.6. The molecule has 28 heavy (non-hydrogen) atoms. The molecule has 150 valence electrons. The van der Waals surface area contributed by atoms with Crippen molar-refractivity contribution in [1.29, 1.82) is 0 Å². The number of likely N-dealkylation sites (N-methyl/N-ethyl adjacent to an activating group) is 1. The average molecular weight is 403 g/mol. The minimum Gasteiger partial charge on any atom is -0.491 e. The molecule has 3 heterocycles. The lowest BCUT2D eigenvalue weighted by Gasteiger charge is -2.23. The van der Waals surface area contributed by atoms with Crippen LogP contribution < -0.4 is 10.1 Å². The Hall–Kier alpha value is -2.18. The number of carbonyl (C=O) groups is 1. The highest BCUT2D eigenvalue weighted by molar-refractivity contribution is 5.88. The third-order valence-corrected chi connectivity index (χ3v) is 5.45. The number of ether oxygens (including phenoxy) is 1. The molecule has 1 amide bonds. The zero-order valence-corrected chi connectivity index (χ0v) is 17.3. The van der Waals surface area contributed by atoms with E-state index in [1.807, 2.05) is 56.1 Å². The van der Waals surface area contributed by atoms with Crippen LogP contribution in [0.5, 0.6) is 5.75 Å². The number of halogens is 1. The lowest BCUT2D eigenvalue weighted by atomic mass is 9.96. The number of rotatable bonds is 4. The maximum Gasteiger partial charge on any atom is 0.242 e. The van der Waals surface area contributed by atoms with E-state index in [4.69, 9.17) is 9.72 Å². The molecule has 0 radical (unpaired) electrons. The molecule has 4 rings (SSSR count). The first-order chi connectivity index (χ1) is 13.0. The van der Waals surface area contributed by atoms with E-state index in [-0.39, 0.29) is 30.5 Å². The fourth-order valence-electron chi connectivity index (χ4n) is 4.04. The normalized spacial score (nSPS) is 24.1. The number of amides is 1. The molecule has 2 aliphatic heterocycles. The van der Waals surface area contributed by atoms with Gasteiger partial charge in [0, 0.05) is 25.4 Å². The average Bonchev–Trinajstić information content (AvgIpc) is 3.22. The van der Waals surface area contributed by atoms with Gasteiger partial charge in [0.25, 0.3) is 0 Å². The van der Waals surface area contributed by atoms with Gasteiger partial charge in [0.2, 0.25) is 5.91 Å². The molecule has 0 unspecified atom stereocenters. The van der Waals surface area contributed by atoms with Gasteiger partial charge in [0.05, 0.1) is 17.8 Å². The molecular weight excluding hydrogens is 376 g/mol. The number of nitrogens with one attached hydrogen (secondary N) is 1. The summed E-state index contributed by atoms with van der Waals surface area (Å²) >= 11 is 0. The summed E-state index contributed by atoms with van der Waals surface area (Å²) in [5, 5.41) is 3.54. The molecule has 1 N–H and O–H groups in total. The van der Waals surface area contributed by atoms with Crippen LogP contribution in [0.3, 0.4) is 0 Å². The van der Waals surface area contributed by atoms with E-state index in [1.165, 1.54) is 0 Å². The van der Waals surface area contributed by atoms with Crippen LogP contribution in [0.15, 0.2) is 36.5 Å². The summed E-state index contributed by atoms with van der Waals surface area (Å²) in [6.45, 7) is 4.84. The quantitative estimate of drug-likeness (QED) is 0.849. The summed E-state index contributed by atoms with van der Waals surface area (Å²) < 4.78 is 5.70. The molecule has 2 aromatic rings. The molecule has 7 heteroatoms. The van der Waals surface area contributed by atoms with Crippen molar-refractivity contribution in [3.8, 4) is 17.0 Å². The van der Waals surface area contributed by atoms with Crippen LogP contribution >= 0.6 is 12.4 Å². The Bertz CT molecular complexity index is 843. The molecule has 2 atom stereocenters. The van der Waals surface area contributed by atoms with Gasteiger partial charge in [-0.25, -0.2) is 9.97 Å². The number of benzene rings is 1. The van der Waals surface area contributed by atoms with E-state index in [0.717, 1.165) is 48.6 Å². The molecule has 0 bridgehead atoms. The van der Waals surface area contributed by atoms with Crippen molar-refractivity contribution in [3.05, 3.63) is 42.4 Å². The molecule has 2 aliphatic rings.